The van der Waals surface area contributed by atoms with E-state index >= 15 is 0 Å². The van der Waals surface area contributed by atoms with Crippen molar-refractivity contribution in [2.45, 2.75) is 24.3 Å². The number of methoxy groups -OCH3 is 3. The summed E-state index contributed by atoms with van der Waals surface area (Å²) >= 11 is 1.67. The van der Waals surface area contributed by atoms with Crippen LogP contribution in [0.2, 0.25) is 0 Å². The van der Waals surface area contributed by atoms with E-state index < -0.39 is 0 Å². The van der Waals surface area contributed by atoms with Crippen LogP contribution >= 0.6 is 11.8 Å². The zero-order valence-electron chi connectivity index (χ0n) is 13.0. The quantitative estimate of drug-likeness (QED) is 0.429. The Morgan fingerprint density at radius 3 is 2.43 bits per heavy atom. The van der Waals surface area contributed by atoms with Gasteiger partial charge in [0.1, 0.15) is 0 Å². The summed E-state index contributed by atoms with van der Waals surface area (Å²) in [4.78, 5) is 12.2. The van der Waals surface area contributed by atoms with Crippen LogP contribution in [-0.4, -0.2) is 40.1 Å². The van der Waals surface area contributed by atoms with Crippen LogP contribution in [0.3, 0.4) is 0 Å². The van der Waals surface area contributed by atoms with Gasteiger partial charge in [-0.1, -0.05) is 0 Å². The summed E-state index contributed by atoms with van der Waals surface area (Å²) in [5.74, 6) is 1.28. The monoisotopic (exact) mass is 313 g/mol. The number of benzene rings is 1. The van der Waals surface area contributed by atoms with Crippen molar-refractivity contribution in [3.05, 3.63) is 17.7 Å². The molecular weight excluding hydrogens is 290 g/mol. The zero-order chi connectivity index (χ0) is 15.7. The molecule has 0 aliphatic heterocycles. The minimum Gasteiger partial charge on any atom is -0.493 e. The predicted octanol–water partition coefficient (Wildman–Crippen LogP) is 2.47. The van der Waals surface area contributed by atoms with Crippen molar-refractivity contribution in [1.82, 2.24) is 5.32 Å². The lowest BCUT2D eigenvalue weighted by molar-refractivity contribution is -0.140. The number of hydrogen-bond acceptors (Lipinski definition) is 6. The van der Waals surface area contributed by atoms with Gasteiger partial charge in [0.2, 0.25) is 0 Å². The molecule has 5 nitrogen and oxygen atoms in total. The zero-order valence-corrected chi connectivity index (χ0v) is 13.8. The molecule has 0 fully saturated rings. The van der Waals surface area contributed by atoms with Crippen LogP contribution in [0.5, 0.6) is 11.5 Å². The van der Waals surface area contributed by atoms with E-state index in [-0.39, 0.29) is 5.97 Å². The molecule has 1 aromatic rings. The predicted molar refractivity (Wildman–Crippen MR) is 84.3 cm³/mol. The molecule has 0 bridgehead atoms. The molecule has 1 N–H and O–H groups in total. The van der Waals surface area contributed by atoms with E-state index in [2.05, 4.69) is 10.1 Å². The fourth-order valence-corrected chi connectivity index (χ4v) is 2.53. The standard InChI is InChI=1S/C15H23NO4S/c1-18-12-8-11(14(21-4)9-13(12)19-2)10-16-7-5-6-15(17)20-3/h8-9,16H,5-7,10H2,1-4H3. The maximum Gasteiger partial charge on any atom is 0.305 e. The van der Waals surface area contributed by atoms with Crippen molar-refractivity contribution in [2.75, 3.05) is 34.1 Å². The summed E-state index contributed by atoms with van der Waals surface area (Å²) in [5, 5.41) is 3.33. The number of thioether (sulfide) groups is 1. The topological polar surface area (TPSA) is 56.8 Å². The summed E-state index contributed by atoms with van der Waals surface area (Å²) in [6.45, 7) is 1.48. The van der Waals surface area contributed by atoms with Gasteiger partial charge >= 0.3 is 5.97 Å². The van der Waals surface area contributed by atoms with Crippen molar-refractivity contribution in [3.63, 3.8) is 0 Å². The summed E-state index contributed by atoms with van der Waals surface area (Å²) in [5.41, 5.74) is 1.15. The van der Waals surface area contributed by atoms with E-state index in [0.717, 1.165) is 41.5 Å². The van der Waals surface area contributed by atoms with Gasteiger partial charge < -0.3 is 19.5 Å². The SMILES string of the molecule is COC(=O)CCCNCc1cc(OC)c(OC)cc1SC. The first-order valence-corrected chi connectivity index (χ1v) is 7.95. The molecule has 21 heavy (non-hydrogen) atoms. The molecule has 0 saturated heterocycles. The molecule has 118 valence electrons. The second-order valence-electron chi connectivity index (χ2n) is 4.38. The fraction of sp³-hybridized carbons (Fsp3) is 0.533. The van der Waals surface area contributed by atoms with Crippen molar-refractivity contribution in [3.8, 4) is 11.5 Å². The lowest BCUT2D eigenvalue weighted by atomic mass is 10.2. The minimum atomic E-state index is -0.173. The van der Waals surface area contributed by atoms with Crippen molar-refractivity contribution in [1.29, 1.82) is 0 Å². The molecule has 6 heteroatoms. The highest BCUT2D eigenvalue weighted by molar-refractivity contribution is 7.98. The van der Waals surface area contributed by atoms with Crippen LogP contribution in [0.4, 0.5) is 0 Å². The maximum atomic E-state index is 11.0. The Labute approximate surface area is 130 Å². The molecule has 1 aromatic carbocycles. The molecule has 0 unspecified atom stereocenters. The molecule has 0 spiro atoms. The maximum absolute atomic E-state index is 11.0. The van der Waals surface area contributed by atoms with Gasteiger partial charge in [-0.2, -0.15) is 0 Å². The smallest absolute Gasteiger partial charge is 0.305 e. The number of rotatable bonds is 9. The highest BCUT2D eigenvalue weighted by atomic mass is 32.2. The van der Waals surface area contributed by atoms with Crippen LogP contribution in [0.1, 0.15) is 18.4 Å². The van der Waals surface area contributed by atoms with Gasteiger partial charge in [-0.25, -0.2) is 0 Å². The third kappa shape index (κ3) is 5.47. The van der Waals surface area contributed by atoms with Crippen molar-refractivity contribution in [2.24, 2.45) is 0 Å². The van der Waals surface area contributed by atoms with E-state index in [1.54, 1.807) is 26.0 Å². The van der Waals surface area contributed by atoms with Crippen LogP contribution in [-0.2, 0) is 16.1 Å². The Morgan fingerprint density at radius 1 is 1.19 bits per heavy atom. The molecule has 0 heterocycles. The Hall–Kier alpha value is -1.40. The van der Waals surface area contributed by atoms with Crippen LogP contribution < -0.4 is 14.8 Å². The van der Waals surface area contributed by atoms with Gasteiger partial charge in [0, 0.05) is 17.9 Å². The molecule has 0 radical (unpaired) electrons. The van der Waals surface area contributed by atoms with Crippen LogP contribution in [0.15, 0.2) is 17.0 Å². The molecule has 0 aromatic heterocycles. The van der Waals surface area contributed by atoms with Crippen LogP contribution in [0, 0.1) is 0 Å². The summed E-state index contributed by atoms with van der Waals surface area (Å²) in [6.07, 6.45) is 3.22. The summed E-state index contributed by atoms with van der Waals surface area (Å²) in [6, 6.07) is 3.97. The van der Waals surface area contributed by atoms with Gasteiger partial charge in [-0.3, -0.25) is 4.79 Å². The van der Waals surface area contributed by atoms with E-state index in [0.29, 0.717) is 6.42 Å². The highest BCUT2D eigenvalue weighted by Gasteiger charge is 2.10. The molecule has 0 amide bonds. The highest BCUT2D eigenvalue weighted by Crippen LogP contribution is 2.34. The summed E-state index contributed by atoms with van der Waals surface area (Å²) in [7, 11) is 4.67. The number of hydrogen-bond donors (Lipinski definition) is 1. The largest absolute Gasteiger partial charge is 0.493 e. The Morgan fingerprint density at radius 2 is 1.86 bits per heavy atom. The number of esters is 1. The Balaban J connectivity index is 2.59. The lowest BCUT2D eigenvalue weighted by Crippen LogP contribution is -2.16. The number of carbonyl (C=O) groups excluding carboxylic acids is 1. The molecule has 0 saturated carbocycles. The first-order chi connectivity index (χ1) is 10.2. The van der Waals surface area contributed by atoms with E-state index in [4.69, 9.17) is 9.47 Å². The molecule has 0 aliphatic carbocycles. The van der Waals surface area contributed by atoms with Crippen LogP contribution in [0.25, 0.3) is 0 Å². The van der Waals surface area contributed by atoms with Crippen molar-refractivity contribution < 1.29 is 19.0 Å². The fourth-order valence-electron chi connectivity index (χ4n) is 1.91. The van der Waals surface area contributed by atoms with Gasteiger partial charge in [-0.05, 0) is 36.9 Å². The molecule has 0 atom stereocenters. The van der Waals surface area contributed by atoms with E-state index in [1.807, 2.05) is 18.4 Å². The third-order valence-electron chi connectivity index (χ3n) is 3.06. The lowest BCUT2D eigenvalue weighted by Gasteiger charge is -2.14. The average Bonchev–Trinajstić information content (AvgIpc) is 2.53. The Bertz CT molecular complexity index is 465. The number of ether oxygens (including phenoxy) is 3. The third-order valence-corrected chi connectivity index (χ3v) is 3.88. The second kappa shape index (κ2) is 9.52. The Kier molecular flexibility index (Phi) is 8.00. The minimum absolute atomic E-state index is 0.173. The van der Waals surface area contributed by atoms with Gasteiger partial charge in [-0.15, -0.1) is 11.8 Å². The number of carbonyl (C=O) groups is 1. The molecular formula is C15H23NO4S. The number of nitrogens with one attached hydrogen (secondary N) is 1. The average molecular weight is 313 g/mol. The first kappa shape index (κ1) is 17.7. The normalized spacial score (nSPS) is 10.3. The summed E-state index contributed by atoms with van der Waals surface area (Å²) < 4.78 is 15.2. The molecule has 0 aliphatic rings. The van der Waals surface area contributed by atoms with Gasteiger partial charge in [0.25, 0.3) is 0 Å². The van der Waals surface area contributed by atoms with E-state index in [9.17, 15) is 4.79 Å². The van der Waals surface area contributed by atoms with Gasteiger partial charge in [0.15, 0.2) is 11.5 Å². The molecule has 1 rings (SSSR count). The first-order valence-electron chi connectivity index (χ1n) is 6.72. The second-order valence-corrected chi connectivity index (χ2v) is 5.22. The van der Waals surface area contributed by atoms with Crippen molar-refractivity contribution >= 4 is 17.7 Å². The van der Waals surface area contributed by atoms with E-state index in [1.165, 1.54) is 7.11 Å². The van der Waals surface area contributed by atoms with Gasteiger partial charge in [0.05, 0.1) is 21.3 Å².